The molecule has 2 aliphatic heterocycles. The molecule has 2 fully saturated rings. The molecule has 0 unspecified atom stereocenters. The van der Waals surface area contributed by atoms with Gasteiger partial charge in [-0.2, -0.15) is 5.26 Å². The van der Waals surface area contributed by atoms with Gasteiger partial charge >= 0.3 is 5.97 Å². The fourth-order valence-electron chi connectivity index (χ4n) is 4.48. The monoisotopic (exact) mass is 492 g/mol. The van der Waals surface area contributed by atoms with Crippen molar-refractivity contribution in [3.8, 4) is 6.07 Å². The number of fused-ring (bicyclic) bond motifs is 1. The van der Waals surface area contributed by atoms with Crippen molar-refractivity contribution in [2.24, 2.45) is 5.73 Å². The largest absolute Gasteiger partial charge is 0.464 e. The van der Waals surface area contributed by atoms with E-state index in [2.05, 4.69) is 11.4 Å². The molecule has 1 amide bonds. The second kappa shape index (κ2) is 9.48. The first-order valence-corrected chi connectivity index (χ1v) is 12.3. The van der Waals surface area contributed by atoms with Gasteiger partial charge in [0.25, 0.3) is 11.5 Å². The van der Waals surface area contributed by atoms with Crippen molar-refractivity contribution in [1.29, 1.82) is 5.26 Å². The van der Waals surface area contributed by atoms with Gasteiger partial charge in [0.1, 0.15) is 10.7 Å². The normalized spacial score (nSPS) is 20.0. The number of nitriles is 1. The molecule has 0 aliphatic carbocycles. The summed E-state index contributed by atoms with van der Waals surface area (Å²) < 4.78 is 6.80. The van der Waals surface area contributed by atoms with Crippen molar-refractivity contribution >= 4 is 39.4 Å². The van der Waals surface area contributed by atoms with Gasteiger partial charge in [-0.3, -0.25) is 14.2 Å². The zero-order valence-electron chi connectivity index (χ0n) is 18.9. The molecule has 11 heteroatoms. The molecule has 0 spiro atoms. The SMILES string of the molecule is N#Cc1ccccc1Cn1c(N2CCC[C@@H](N)C2)nc2cc(C(=O)N[C@H]3CCOC3=O)sc2c1=O. The van der Waals surface area contributed by atoms with Gasteiger partial charge in [-0.25, -0.2) is 9.78 Å². The average molecular weight is 493 g/mol. The summed E-state index contributed by atoms with van der Waals surface area (Å²) in [5, 5.41) is 12.2. The van der Waals surface area contributed by atoms with Gasteiger partial charge in [-0.05, 0) is 30.5 Å². The first kappa shape index (κ1) is 23.0. The number of esters is 1. The second-order valence-corrected chi connectivity index (χ2v) is 9.78. The number of carbonyl (C=O) groups is 2. The molecule has 2 aliphatic rings. The van der Waals surface area contributed by atoms with Crippen LogP contribution in [0.25, 0.3) is 10.2 Å². The molecule has 10 nitrogen and oxygen atoms in total. The summed E-state index contributed by atoms with van der Waals surface area (Å²) in [4.78, 5) is 45.3. The van der Waals surface area contributed by atoms with E-state index in [1.54, 1.807) is 22.8 Å². The zero-order valence-corrected chi connectivity index (χ0v) is 19.7. The maximum Gasteiger partial charge on any atom is 0.328 e. The molecule has 4 heterocycles. The Morgan fingerprint density at radius 3 is 2.89 bits per heavy atom. The lowest BCUT2D eigenvalue weighted by atomic mass is 10.1. The van der Waals surface area contributed by atoms with Crippen LogP contribution in [0.15, 0.2) is 35.1 Å². The van der Waals surface area contributed by atoms with Gasteiger partial charge in [-0.15, -0.1) is 11.3 Å². The van der Waals surface area contributed by atoms with Crippen molar-refractivity contribution < 1.29 is 14.3 Å². The Kier molecular flexibility index (Phi) is 6.23. The van der Waals surface area contributed by atoms with Crippen LogP contribution < -0.4 is 21.5 Å². The lowest BCUT2D eigenvalue weighted by Crippen LogP contribution is -2.45. The average Bonchev–Trinajstić information content (AvgIpc) is 3.47. The fraction of sp³-hybridized carbons (Fsp3) is 0.375. The van der Waals surface area contributed by atoms with Crippen LogP contribution >= 0.6 is 11.3 Å². The number of rotatable bonds is 5. The number of aromatic nitrogens is 2. The Labute approximate surface area is 204 Å². The standard InChI is InChI=1S/C24H24N6O4S/c25-11-14-4-1-2-5-15(14)12-30-22(32)20-18(28-24(30)29-8-3-6-16(26)13-29)10-19(35-20)21(31)27-17-7-9-34-23(17)33/h1-2,4-5,10,16-17H,3,6-9,12-13,26H2,(H,27,31)/t16-,17+/m1/s1. The predicted octanol–water partition coefficient (Wildman–Crippen LogP) is 1.35. The molecule has 0 radical (unpaired) electrons. The van der Waals surface area contributed by atoms with Crippen molar-refractivity contribution in [1.82, 2.24) is 14.9 Å². The predicted molar refractivity (Wildman–Crippen MR) is 130 cm³/mol. The summed E-state index contributed by atoms with van der Waals surface area (Å²) in [7, 11) is 0. The number of benzene rings is 1. The molecule has 2 saturated heterocycles. The molecule has 1 aromatic carbocycles. The summed E-state index contributed by atoms with van der Waals surface area (Å²) >= 11 is 1.04. The molecular formula is C24H24N6O4S. The van der Waals surface area contributed by atoms with E-state index in [1.807, 2.05) is 17.0 Å². The number of thiophene rings is 1. The van der Waals surface area contributed by atoms with E-state index in [1.165, 1.54) is 0 Å². The number of nitrogens with one attached hydrogen (secondary N) is 1. The van der Waals surface area contributed by atoms with E-state index in [0.29, 0.717) is 51.7 Å². The highest BCUT2D eigenvalue weighted by atomic mass is 32.1. The van der Waals surface area contributed by atoms with Crippen LogP contribution in [-0.2, 0) is 16.1 Å². The lowest BCUT2D eigenvalue weighted by Gasteiger charge is -2.33. The summed E-state index contributed by atoms with van der Waals surface area (Å²) in [6, 6.07) is 10.2. The summed E-state index contributed by atoms with van der Waals surface area (Å²) in [6.07, 6.45) is 2.18. The van der Waals surface area contributed by atoms with Crippen LogP contribution in [-0.4, -0.2) is 53.2 Å². The number of cyclic esters (lactones) is 1. The highest BCUT2D eigenvalue weighted by Gasteiger charge is 2.30. The van der Waals surface area contributed by atoms with Crippen LogP contribution in [0.1, 0.15) is 40.1 Å². The smallest absolute Gasteiger partial charge is 0.328 e. The van der Waals surface area contributed by atoms with Gasteiger partial charge < -0.3 is 20.7 Å². The second-order valence-electron chi connectivity index (χ2n) is 8.73. The molecule has 35 heavy (non-hydrogen) atoms. The van der Waals surface area contributed by atoms with Crippen LogP contribution in [0.3, 0.4) is 0 Å². The maximum absolute atomic E-state index is 13.7. The van der Waals surface area contributed by atoms with Crippen LogP contribution in [0, 0.1) is 11.3 Å². The van der Waals surface area contributed by atoms with Crippen molar-refractivity contribution in [2.45, 2.75) is 37.9 Å². The third-order valence-electron chi connectivity index (χ3n) is 6.29. The number of hydrogen-bond acceptors (Lipinski definition) is 9. The minimum Gasteiger partial charge on any atom is -0.464 e. The topological polar surface area (TPSA) is 143 Å². The molecule has 2 aromatic heterocycles. The third kappa shape index (κ3) is 4.50. The van der Waals surface area contributed by atoms with Gasteiger partial charge in [0, 0.05) is 25.6 Å². The maximum atomic E-state index is 13.7. The van der Waals surface area contributed by atoms with Crippen LogP contribution in [0.2, 0.25) is 0 Å². The number of ether oxygens (including phenoxy) is 1. The number of anilines is 1. The van der Waals surface area contributed by atoms with E-state index in [0.717, 1.165) is 24.2 Å². The lowest BCUT2D eigenvalue weighted by molar-refractivity contribution is -0.139. The van der Waals surface area contributed by atoms with Gasteiger partial charge in [-0.1, -0.05) is 18.2 Å². The van der Waals surface area contributed by atoms with E-state index < -0.39 is 17.9 Å². The Balaban J connectivity index is 1.57. The van der Waals surface area contributed by atoms with Gasteiger partial charge in [0.2, 0.25) is 5.95 Å². The number of nitrogens with zero attached hydrogens (tertiary/aromatic N) is 4. The van der Waals surface area contributed by atoms with Gasteiger partial charge in [0.15, 0.2) is 0 Å². The number of nitrogens with two attached hydrogens (primary N) is 1. The Morgan fingerprint density at radius 1 is 1.31 bits per heavy atom. The van der Waals surface area contributed by atoms with Crippen molar-refractivity contribution in [3.63, 3.8) is 0 Å². The van der Waals surface area contributed by atoms with Gasteiger partial charge in [0.05, 0.1) is 35.2 Å². The highest BCUT2D eigenvalue weighted by molar-refractivity contribution is 7.20. The molecule has 0 bridgehead atoms. The summed E-state index contributed by atoms with van der Waals surface area (Å²) in [6.45, 7) is 1.69. The first-order valence-electron chi connectivity index (χ1n) is 11.4. The Hall–Kier alpha value is -3.75. The minimum atomic E-state index is -0.690. The van der Waals surface area contributed by atoms with E-state index in [9.17, 15) is 19.6 Å². The summed E-state index contributed by atoms with van der Waals surface area (Å²) in [5.41, 5.74) is 7.52. The van der Waals surface area contributed by atoms with Crippen LogP contribution in [0.5, 0.6) is 0 Å². The minimum absolute atomic E-state index is 0.0359. The molecule has 180 valence electrons. The molecule has 3 N–H and O–H groups in total. The quantitative estimate of drug-likeness (QED) is 0.508. The molecule has 2 atom stereocenters. The van der Waals surface area contributed by atoms with Crippen molar-refractivity contribution in [2.75, 3.05) is 24.6 Å². The number of hydrogen-bond donors (Lipinski definition) is 2. The van der Waals surface area contributed by atoms with E-state index in [4.69, 9.17) is 15.5 Å². The molecule has 0 saturated carbocycles. The molecule has 3 aromatic rings. The summed E-state index contributed by atoms with van der Waals surface area (Å²) in [5.74, 6) is -0.437. The third-order valence-corrected chi connectivity index (χ3v) is 7.40. The number of carbonyl (C=O) groups excluding carboxylic acids is 2. The van der Waals surface area contributed by atoms with E-state index >= 15 is 0 Å². The zero-order chi connectivity index (χ0) is 24.5. The van der Waals surface area contributed by atoms with Crippen molar-refractivity contribution in [3.05, 3.63) is 56.7 Å². The fourth-order valence-corrected chi connectivity index (χ4v) is 5.43. The highest BCUT2D eigenvalue weighted by Crippen LogP contribution is 2.26. The first-order chi connectivity index (χ1) is 16.9. The van der Waals surface area contributed by atoms with Crippen LogP contribution in [0.4, 0.5) is 5.95 Å². The number of amides is 1. The molecular weight excluding hydrogens is 468 g/mol. The Morgan fingerprint density at radius 2 is 2.14 bits per heavy atom. The number of piperidine rings is 1. The van der Waals surface area contributed by atoms with E-state index in [-0.39, 0.29) is 24.8 Å². The Bertz CT molecular complexity index is 1410. The molecule has 5 rings (SSSR count).